The fourth-order valence-corrected chi connectivity index (χ4v) is 2.12. The summed E-state index contributed by atoms with van der Waals surface area (Å²) < 4.78 is 1.15. The first-order valence-corrected chi connectivity index (χ1v) is 4.51. The molecule has 0 aliphatic carbocycles. The Kier molecular flexibility index (Phi) is 2.91. The van der Waals surface area contributed by atoms with E-state index in [1.807, 2.05) is 6.07 Å². The topological polar surface area (TPSA) is 4.36 Å². The van der Waals surface area contributed by atoms with E-state index in [1.54, 1.807) is 11.3 Å². The fourth-order valence-electron chi connectivity index (χ4n) is 0.652. The average molecular weight is 216 g/mol. The first-order valence-electron chi connectivity index (χ1n) is 2.90. The molecule has 0 bridgehead atoms. The van der Waals surface area contributed by atoms with Crippen LogP contribution in [0.5, 0.6) is 0 Å². The van der Waals surface area contributed by atoms with Gasteiger partial charge in [0.05, 0.1) is 10.2 Å². The Balaban J connectivity index is 2.52. The molecule has 1 aromatic rings. The van der Waals surface area contributed by atoms with Crippen LogP contribution in [0, 0.1) is 6.57 Å². The van der Waals surface area contributed by atoms with Gasteiger partial charge in [-0.15, -0.1) is 11.3 Å². The van der Waals surface area contributed by atoms with E-state index >= 15 is 0 Å². The molecule has 0 spiro atoms. The predicted molar refractivity (Wildman–Crippen MR) is 47.2 cm³/mol. The lowest BCUT2D eigenvalue weighted by molar-refractivity contribution is 1.11. The Bertz CT molecular complexity index is 248. The smallest absolute Gasteiger partial charge is 0.219 e. The summed E-state index contributed by atoms with van der Waals surface area (Å²) in [5.74, 6) is 0. The summed E-state index contributed by atoms with van der Waals surface area (Å²) in [5, 5.41) is 0. The lowest BCUT2D eigenvalue weighted by atomic mass is 10.3. The summed E-state index contributed by atoms with van der Waals surface area (Å²) in [6, 6.07) is 4.07. The number of hydrogen-bond acceptors (Lipinski definition) is 1. The van der Waals surface area contributed by atoms with Crippen LogP contribution in [-0.4, -0.2) is 6.54 Å². The normalized spacial score (nSPS) is 9.20. The van der Waals surface area contributed by atoms with E-state index in [0.29, 0.717) is 6.54 Å². The zero-order chi connectivity index (χ0) is 7.40. The maximum absolute atomic E-state index is 6.58. The lowest BCUT2D eigenvalue weighted by Gasteiger charge is -1.83. The van der Waals surface area contributed by atoms with Gasteiger partial charge in [0.1, 0.15) is 0 Å². The van der Waals surface area contributed by atoms with Crippen LogP contribution in [-0.2, 0) is 6.42 Å². The second kappa shape index (κ2) is 3.75. The fraction of sp³-hybridized carbons (Fsp3) is 0.286. The third kappa shape index (κ3) is 2.13. The van der Waals surface area contributed by atoms with Crippen LogP contribution in [0.4, 0.5) is 0 Å². The molecule has 10 heavy (non-hydrogen) atoms. The molecule has 1 nitrogen and oxygen atoms in total. The van der Waals surface area contributed by atoms with Crippen molar-refractivity contribution in [3.05, 3.63) is 32.2 Å². The molecule has 1 heterocycles. The summed E-state index contributed by atoms with van der Waals surface area (Å²) >= 11 is 5.07. The summed E-state index contributed by atoms with van der Waals surface area (Å²) in [6.07, 6.45) is 0.889. The number of thiophene rings is 1. The summed E-state index contributed by atoms with van der Waals surface area (Å²) in [7, 11) is 0. The van der Waals surface area contributed by atoms with E-state index in [0.717, 1.165) is 10.2 Å². The lowest BCUT2D eigenvalue weighted by Crippen LogP contribution is -1.80. The Morgan fingerprint density at radius 3 is 2.90 bits per heavy atom. The molecule has 0 N–H and O–H groups in total. The maximum atomic E-state index is 6.58. The molecule has 1 aromatic heterocycles. The predicted octanol–water partition coefficient (Wildman–Crippen LogP) is 2.97. The minimum atomic E-state index is 0.604. The summed E-state index contributed by atoms with van der Waals surface area (Å²) in [4.78, 5) is 4.56. The molecule has 1 rings (SSSR count). The van der Waals surface area contributed by atoms with Crippen molar-refractivity contribution in [2.75, 3.05) is 6.54 Å². The molecule has 0 aromatic carbocycles. The first kappa shape index (κ1) is 7.77. The Morgan fingerprint density at radius 1 is 1.60 bits per heavy atom. The summed E-state index contributed by atoms with van der Waals surface area (Å²) in [5.41, 5.74) is 0. The van der Waals surface area contributed by atoms with Gasteiger partial charge in [-0.25, -0.2) is 6.57 Å². The molecule has 0 aliphatic rings. The van der Waals surface area contributed by atoms with E-state index in [1.165, 1.54) is 4.88 Å². The number of hydrogen-bond donors (Lipinski definition) is 0. The van der Waals surface area contributed by atoms with E-state index in [9.17, 15) is 0 Å². The van der Waals surface area contributed by atoms with Gasteiger partial charge in [0.25, 0.3) is 0 Å². The number of rotatable bonds is 2. The third-order valence-electron chi connectivity index (χ3n) is 1.10. The highest BCUT2D eigenvalue weighted by molar-refractivity contribution is 9.11. The first-order chi connectivity index (χ1) is 4.83. The second-order valence-electron chi connectivity index (χ2n) is 1.84. The van der Waals surface area contributed by atoms with Gasteiger partial charge in [-0.05, 0) is 28.1 Å². The molecule has 0 saturated carbocycles. The SMILES string of the molecule is [C-]#[N+]CCc1ccc(Br)s1. The van der Waals surface area contributed by atoms with Gasteiger partial charge in [-0.1, -0.05) is 0 Å². The largest absolute Gasteiger partial charge is 0.317 e. The average Bonchev–Trinajstić information content (AvgIpc) is 2.31. The summed E-state index contributed by atoms with van der Waals surface area (Å²) in [6.45, 7) is 7.18. The van der Waals surface area contributed by atoms with Crippen molar-refractivity contribution in [1.82, 2.24) is 0 Å². The highest BCUT2D eigenvalue weighted by atomic mass is 79.9. The molecule has 0 fully saturated rings. The quantitative estimate of drug-likeness (QED) is 0.669. The van der Waals surface area contributed by atoms with Crippen molar-refractivity contribution in [3.8, 4) is 0 Å². The van der Waals surface area contributed by atoms with Crippen LogP contribution in [0.3, 0.4) is 0 Å². The van der Waals surface area contributed by atoms with Gasteiger partial charge in [0, 0.05) is 4.88 Å². The third-order valence-corrected chi connectivity index (χ3v) is 2.78. The zero-order valence-corrected chi connectivity index (χ0v) is 7.70. The maximum Gasteiger partial charge on any atom is 0.219 e. The van der Waals surface area contributed by atoms with Crippen LogP contribution in [0.25, 0.3) is 4.85 Å². The molecule has 0 radical (unpaired) electrons. The van der Waals surface area contributed by atoms with Crippen molar-refractivity contribution in [3.63, 3.8) is 0 Å². The van der Waals surface area contributed by atoms with Crippen LogP contribution < -0.4 is 0 Å². The van der Waals surface area contributed by atoms with E-state index < -0.39 is 0 Å². The molecule has 0 unspecified atom stereocenters. The standard InChI is InChI=1S/C7H6BrNS/c1-9-5-4-6-2-3-7(8)10-6/h2-3H,4-5H2. The van der Waals surface area contributed by atoms with Gasteiger partial charge in [0.2, 0.25) is 6.54 Å². The monoisotopic (exact) mass is 215 g/mol. The molecule has 0 amide bonds. The zero-order valence-electron chi connectivity index (χ0n) is 5.30. The van der Waals surface area contributed by atoms with E-state index in [-0.39, 0.29) is 0 Å². The van der Waals surface area contributed by atoms with Crippen LogP contribution in [0.1, 0.15) is 4.88 Å². The van der Waals surface area contributed by atoms with Crippen molar-refractivity contribution >= 4 is 27.3 Å². The van der Waals surface area contributed by atoms with Crippen molar-refractivity contribution in [1.29, 1.82) is 0 Å². The Morgan fingerprint density at radius 2 is 2.40 bits per heavy atom. The van der Waals surface area contributed by atoms with Crippen molar-refractivity contribution in [2.24, 2.45) is 0 Å². The van der Waals surface area contributed by atoms with Crippen LogP contribution in [0.15, 0.2) is 15.9 Å². The van der Waals surface area contributed by atoms with Crippen LogP contribution in [0.2, 0.25) is 0 Å². The molecular weight excluding hydrogens is 210 g/mol. The van der Waals surface area contributed by atoms with Gasteiger partial charge in [-0.3, -0.25) is 0 Å². The molecule has 0 aliphatic heterocycles. The molecule has 3 heteroatoms. The van der Waals surface area contributed by atoms with Gasteiger partial charge >= 0.3 is 0 Å². The Labute approximate surface area is 72.6 Å². The Hall–Kier alpha value is -0.330. The van der Waals surface area contributed by atoms with Crippen molar-refractivity contribution < 1.29 is 0 Å². The molecule has 0 atom stereocenters. The van der Waals surface area contributed by atoms with E-state index in [2.05, 4.69) is 26.8 Å². The van der Waals surface area contributed by atoms with E-state index in [4.69, 9.17) is 6.57 Å². The minimum absolute atomic E-state index is 0.604. The number of nitrogens with zero attached hydrogens (tertiary/aromatic N) is 1. The highest BCUT2D eigenvalue weighted by Crippen LogP contribution is 2.22. The van der Waals surface area contributed by atoms with Crippen LogP contribution >= 0.6 is 27.3 Å². The van der Waals surface area contributed by atoms with Gasteiger partial charge in [-0.2, -0.15) is 0 Å². The van der Waals surface area contributed by atoms with Crippen molar-refractivity contribution in [2.45, 2.75) is 6.42 Å². The molecule has 0 saturated heterocycles. The minimum Gasteiger partial charge on any atom is -0.317 e. The highest BCUT2D eigenvalue weighted by Gasteiger charge is 1.97. The van der Waals surface area contributed by atoms with Gasteiger partial charge in [0.15, 0.2) is 0 Å². The van der Waals surface area contributed by atoms with Gasteiger partial charge < -0.3 is 4.85 Å². The number of halogens is 1. The second-order valence-corrected chi connectivity index (χ2v) is 4.39. The molecular formula is C7H6BrNS. The molecule has 52 valence electrons.